The molecule has 7 nitrogen and oxygen atoms in total. The van der Waals surface area contributed by atoms with Gasteiger partial charge in [0, 0.05) is 19.3 Å². The van der Waals surface area contributed by atoms with Crippen LogP contribution in [0.1, 0.15) is 24.4 Å². The SMILES string of the molecule is Cc1cnn([C@H]2CCCN(C(=O)Cn3nnc4ccccc43)C2)c1. The molecule has 0 spiro atoms. The Morgan fingerprint density at radius 3 is 3.04 bits per heavy atom. The Morgan fingerprint density at radius 1 is 1.33 bits per heavy atom. The van der Waals surface area contributed by atoms with Crippen LogP contribution in [0.15, 0.2) is 36.7 Å². The fourth-order valence-electron chi connectivity index (χ4n) is 3.29. The van der Waals surface area contributed by atoms with Crippen molar-refractivity contribution in [2.75, 3.05) is 13.1 Å². The van der Waals surface area contributed by atoms with Gasteiger partial charge in [-0.05, 0) is 37.5 Å². The highest BCUT2D eigenvalue weighted by atomic mass is 16.2. The van der Waals surface area contributed by atoms with Crippen molar-refractivity contribution in [1.29, 1.82) is 0 Å². The monoisotopic (exact) mass is 324 g/mol. The molecular formula is C17H20N6O. The summed E-state index contributed by atoms with van der Waals surface area (Å²) in [6.45, 7) is 3.76. The zero-order valence-corrected chi connectivity index (χ0v) is 13.7. The molecule has 0 unspecified atom stereocenters. The molecule has 0 radical (unpaired) electrons. The number of hydrogen-bond acceptors (Lipinski definition) is 4. The second-order valence-electron chi connectivity index (χ2n) is 6.37. The van der Waals surface area contributed by atoms with Crippen LogP contribution in [0.5, 0.6) is 0 Å². The largest absolute Gasteiger partial charge is 0.339 e. The average Bonchev–Trinajstić information content (AvgIpc) is 3.22. The fraction of sp³-hybridized carbons (Fsp3) is 0.412. The fourth-order valence-corrected chi connectivity index (χ4v) is 3.29. The van der Waals surface area contributed by atoms with Gasteiger partial charge in [-0.3, -0.25) is 9.48 Å². The summed E-state index contributed by atoms with van der Waals surface area (Å²) in [6.07, 6.45) is 5.95. The molecule has 0 bridgehead atoms. The first-order valence-electron chi connectivity index (χ1n) is 8.27. The van der Waals surface area contributed by atoms with Crippen LogP contribution in [0.2, 0.25) is 0 Å². The number of aryl methyl sites for hydroxylation is 1. The lowest BCUT2D eigenvalue weighted by molar-refractivity contribution is -0.133. The zero-order chi connectivity index (χ0) is 16.5. The van der Waals surface area contributed by atoms with Crippen LogP contribution in [0, 0.1) is 6.92 Å². The maximum Gasteiger partial charge on any atom is 0.244 e. The van der Waals surface area contributed by atoms with Crippen molar-refractivity contribution in [2.45, 2.75) is 32.4 Å². The highest BCUT2D eigenvalue weighted by Gasteiger charge is 2.25. The summed E-state index contributed by atoms with van der Waals surface area (Å²) in [7, 11) is 0. The van der Waals surface area contributed by atoms with E-state index in [0.29, 0.717) is 6.54 Å². The number of para-hydroxylation sites is 1. The molecule has 3 heterocycles. The molecule has 1 amide bonds. The van der Waals surface area contributed by atoms with Crippen LogP contribution in [0.3, 0.4) is 0 Å². The van der Waals surface area contributed by atoms with Crippen LogP contribution < -0.4 is 0 Å². The third-order valence-electron chi connectivity index (χ3n) is 4.56. The third kappa shape index (κ3) is 2.77. The van der Waals surface area contributed by atoms with Gasteiger partial charge in [-0.2, -0.15) is 5.10 Å². The van der Waals surface area contributed by atoms with Crippen LogP contribution in [-0.2, 0) is 11.3 Å². The number of likely N-dealkylation sites (tertiary alicyclic amines) is 1. The van der Waals surface area contributed by atoms with Gasteiger partial charge in [0.2, 0.25) is 5.91 Å². The molecule has 0 N–H and O–H groups in total. The Morgan fingerprint density at radius 2 is 2.21 bits per heavy atom. The first-order valence-corrected chi connectivity index (χ1v) is 8.27. The Hall–Kier alpha value is -2.70. The Labute approximate surface area is 139 Å². The summed E-state index contributed by atoms with van der Waals surface area (Å²) < 4.78 is 3.67. The number of hydrogen-bond donors (Lipinski definition) is 0. The lowest BCUT2D eigenvalue weighted by atomic mass is 10.1. The van der Waals surface area contributed by atoms with E-state index in [2.05, 4.69) is 15.4 Å². The number of carbonyl (C=O) groups excluding carboxylic acids is 1. The summed E-state index contributed by atoms with van der Waals surface area (Å²) in [5.41, 5.74) is 2.85. The van der Waals surface area contributed by atoms with Gasteiger partial charge in [-0.1, -0.05) is 17.3 Å². The Kier molecular flexibility index (Phi) is 3.76. The topological polar surface area (TPSA) is 68.8 Å². The average molecular weight is 324 g/mol. The van der Waals surface area contributed by atoms with Crippen molar-refractivity contribution in [1.82, 2.24) is 29.7 Å². The van der Waals surface area contributed by atoms with Crippen LogP contribution in [-0.4, -0.2) is 48.7 Å². The number of fused-ring (bicyclic) bond motifs is 1. The van der Waals surface area contributed by atoms with Crippen molar-refractivity contribution in [3.8, 4) is 0 Å². The molecule has 124 valence electrons. The number of aromatic nitrogens is 5. The molecule has 1 saturated heterocycles. The summed E-state index contributed by atoms with van der Waals surface area (Å²) in [5.74, 6) is 0.0826. The third-order valence-corrected chi connectivity index (χ3v) is 4.56. The zero-order valence-electron chi connectivity index (χ0n) is 13.7. The van der Waals surface area contributed by atoms with E-state index in [9.17, 15) is 4.79 Å². The number of carbonyl (C=O) groups is 1. The second-order valence-corrected chi connectivity index (χ2v) is 6.37. The van der Waals surface area contributed by atoms with Gasteiger partial charge in [0.05, 0.1) is 17.8 Å². The summed E-state index contributed by atoms with van der Waals surface area (Å²) >= 11 is 0. The highest BCUT2D eigenvalue weighted by molar-refractivity contribution is 5.79. The minimum atomic E-state index is 0.0826. The Balaban J connectivity index is 1.48. The number of rotatable bonds is 3. The van der Waals surface area contributed by atoms with E-state index >= 15 is 0 Å². The van der Waals surface area contributed by atoms with E-state index in [4.69, 9.17) is 0 Å². The van der Waals surface area contributed by atoms with Crippen molar-refractivity contribution in [2.24, 2.45) is 0 Å². The van der Waals surface area contributed by atoms with Crippen LogP contribution in [0.4, 0.5) is 0 Å². The molecule has 2 aromatic heterocycles. The van der Waals surface area contributed by atoms with Crippen LogP contribution >= 0.6 is 0 Å². The number of nitrogens with zero attached hydrogens (tertiary/aromatic N) is 6. The van der Waals surface area contributed by atoms with Gasteiger partial charge in [-0.25, -0.2) is 4.68 Å². The Bertz CT molecular complexity index is 867. The van der Waals surface area contributed by atoms with E-state index in [-0.39, 0.29) is 18.5 Å². The summed E-state index contributed by atoms with van der Waals surface area (Å²) in [4.78, 5) is 14.6. The predicted molar refractivity (Wildman–Crippen MR) is 89.3 cm³/mol. The van der Waals surface area contributed by atoms with Gasteiger partial charge < -0.3 is 4.90 Å². The van der Waals surface area contributed by atoms with Crippen LogP contribution in [0.25, 0.3) is 11.0 Å². The number of piperidine rings is 1. The van der Waals surface area contributed by atoms with Crippen molar-refractivity contribution < 1.29 is 4.79 Å². The standard InChI is InChI=1S/C17H20N6O/c1-13-9-18-22(10-13)14-5-4-8-21(11-14)17(24)12-23-16-7-3-2-6-15(16)19-20-23/h2-3,6-7,9-10,14H,4-5,8,11-12H2,1H3/t14-/m0/s1. The molecule has 0 saturated carbocycles. The quantitative estimate of drug-likeness (QED) is 0.737. The lowest BCUT2D eigenvalue weighted by Gasteiger charge is -2.32. The number of amides is 1. The molecule has 1 aliphatic rings. The van der Waals surface area contributed by atoms with E-state index < -0.39 is 0 Å². The van der Waals surface area contributed by atoms with Gasteiger partial charge in [0.1, 0.15) is 12.1 Å². The van der Waals surface area contributed by atoms with E-state index in [0.717, 1.165) is 36.0 Å². The van der Waals surface area contributed by atoms with Gasteiger partial charge in [-0.15, -0.1) is 5.10 Å². The molecule has 7 heteroatoms. The summed E-state index contributed by atoms with van der Waals surface area (Å²) in [5, 5.41) is 12.6. The lowest BCUT2D eigenvalue weighted by Crippen LogP contribution is -2.42. The van der Waals surface area contributed by atoms with Crippen molar-refractivity contribution in [3.63, 3.8) is 0 Å². The predicted octanol–water partition coefficient (Wildman–Crippen LogP) is 1.80. The first kappa shape index (κ1) is 14.9. The minimum Gasteiger partial charge on any atom is -0.339 e. The highest BCUT2D eigenvalue weighted by Crippen LogP contribution is 2.21. The molecular weight excluding hydrogens is 304 g/mol. The number of benzene rings is 1. The van der Waals surface area contributed by atoms with Crippen molar-refractivity contribution in [3.05, 3.63) is 42.2 Å². The van der Waals surface area contributed by atoms with Gasteiger partial charge in [0.25, 0.3) is 0 Å². The van der Waals surface area contributed by atoms with Gasteiger partial charge in [0.15, 0.2) is 0 Å². The van der Waals surface area contributed by atoms with Gasteiger partial charge >= 0.3 is 0 Å². The molecule has 24 heavy (non-hydrogen) atoms. The molecule has 4 rings (SSSR count). The molecule has 1 fully saturated rings. The summed E-state index contributed by atoms with van der Waals surface area (Å²) in [6, 6.07) is 7.95. The molecule has 1 aliphatic heterocycles. The maximum absolute atomic E-state index is 12.7. The smallest absolute Gasteiger partial charge is 0.244 e. The molecule has 1 atom stereocenters. The van der Waals surface area contributed by atoms with E-state index in [1.807, 2.05) is 53.2 Å². The second kappa shape index (κ2) is 6.07. The molecule has 3 aromatic rings. The van der Waals surface area contributed by atoms with E-state index in [1.54, 1.807) is 4.68 Å². The maximum atomic E-state index is 12.7. The molecule has 1 aromatic carbocycles. The normalized spacial score (nSPS) is 18.2. The van der Waals surface area contributed by atoms with E-state index in [1.165, 1.54) is 0 Å². The minimum absolute atomic E-state index is 0.0826. The first-order chi connectivity index (χ1) is 11.7. The van der Waals surface area contributed by atoms with Crippen molar-refractivity contribution >= 4 is 16.9 Å². The molecule has 0 aliphatic carbocycles.